The Morgan fingerprint density at radius 2 is 2.40 bits per heavy atom. The lowest BCUT2D eigenvalue weighted by atomic mass is 10.2. The molecule has 20 heavy (non-hydrogen) atoms. The molecule has 1 N–H and O–H groups in total. The molecule has 1 saturated heterocycles. The molecule has 3 heterocycles. The van der Waals surface area contributed by atoms with Gasteiger partial charge in [0.2, 0.25) is 0 Å². The Morgan fingerprint density at radius 1 is 1.50 bits per heavy atom. The van der Waals surface area contributed by atoms with Crippen LogP contribution < -0.4 is 5.32 Å². The van der Waals surface area contributed by atoms with Crippen LogP contribution in [-0.2, 0) is 9.53 Å². The van der Waals surface area contributed by atoms with Crippen molar-refractivity contribution >= 4 is 11.6 Å². The Balaban J connectivity index is 1.84. The van der Waals surface area contributed by atoms with Crippen molar-refractivity contribution in [3.8, 4) is 5.69 Å². The fraction of sp³-hybridized carbons (Fsp3) is 0.357. The van der Waals surface area contributed by atoms with Gasteiger partial charge in [-0.05, 0) is 31.4 Å². The van der Waals surface area contributed by atoms with Gasteiger partial charge in [0, 0.05) is 19.0 Å². The van der Waals surface area contributed by atoms with Crippen LogP contribution in [0, 0.1) is 6.92 Å². The van der Waals surface area contributed by atoms with E-state index in [0.29, 0.717) is 12.3 Å². The van der Waals surface area contributed by atoms with Crippen molar-refractivity contribution in [2.24, 2.45) is 0 Å². The number of aromatic nitrogens is 3. The third-order valence-electron chi connectivity index (χ3n) is 3.24. The van der Waals surface area contributed by atoms with E-state index in [1.165, 1.54) is 0 Å². The molecule has 2 aromatic rings. The topological polar surface area (TPSA) is 69.0 Å². The van der Waals surface area contributed by atoms with Gasteiger partial charge in [-0.1, -0.05) is 0 Å². The second-order valence-corrected chi connectivity index (χ2v) is 4.85. The SMILES string of the molecule is Cc1cnn(-c2ccncc2NC(=O)[C@H]2CCCO2)c1. The number of nitrogens with one attached hydrogen (secondary N) is 1. The monoisotopic (exact) mass is 272 g/mol. The van der Waals surface area contributed by atoms with Gasteiger partial charge in [0.25, 0.3) is 5.91 Å². The van der Waals surface area contributed by atoms with Gasteiger partial charge in [-0.2, -0.15) is 5.10 Å². The van der Waals surface area contributed by atoms with Crippen molar-refractivity contribution in [1.82, 2.24) is 14.8 Å². The zero-order chi connectivity index (χ0) is 13.9. The Bertz CT molecular complexity index is 617. The van der Waals surface area contributed by atoms with Crippen LogP contribution in [0.15, 0.2) is 30.9 Å². The van der Waals surface area contributed by atoms with E-state index in [1.54, 1.807) is 23.3 Å². The minimum absolute atomic E-state index is 0.124. The minimum Gasteiger partial charge on any atom is -0.368 e. The van der Waals surface area contributed by atoms with Crippen molar-refractivity contribution in [3.05, 3.63) is 36.4 Å². The molecule has 1 aliphatic rings. The average Bonchev–Trinajstić information content (AvgIpc) is 3.10. The first kappa shape index (κ1) is 12.8. The first-order valence-corrected chi connectivity index (χ1v) is 6.62. The molecule has 1 atom stereocenters. The molecular formula is C14H16N4O2. The normalized spacial score (nSPS) is 18.1. The van der Waals surface area contributed by atoms with E-state index in [1.807, 2.05) is 19.2 Å². The summed E-state index contributed by atoms with van der Waals surface area (Å²) in [6.07, 6.45) is 8.30. The molecule has 2 aromatic heterocycles. The summed E-state index contributed by atoms with van der Waals surface area (Å²) < 4.78 is 7.11. The number of rotatable bonds is 3. The molecule has 0 radical (unpaired) electrons. The highest BCUT2D eigenvalue weighted by atomic mass is 16.5. The number of aryl methyl sites for hydroxylation is 1. The second-order valence-electron chi connectivity index (χ2n) is 4.85. The molecule has 0 unspecified atom stereocenters. The van der Waals surface area contributed by atoms with Crippen molar-refractivity contribution in [1.29, 1.82) is 0 Å². The number of hydrogen-bond acceptors (Lipinski definition) is 4. The number of nitrogens with zero attached hydrogens (tertiary/aromatic N) is 3. The highest BCUT2D eigenvalue weighted by molar-refractivity contribution is 5.95. The lowest BCUT2D eigenvalue weighted by Gasteiger charge is -2.13. The molecule has 0 saturated carbocycles. The van der Waals surface area contributed by atoms with E-state index in [4.69, 9.17) is 4.74 Å². The van der Waals surface area contributed by atoms with Crippen LogP contribution in [0.5, 0.6) is 0 Å². The molecule has 6 heteroatoms. The molecule has 1 aliphatic heterocycles. The van der Waals surface area contributed by atoms with Crippen LogP contribution in [-0.4, -0.2) is 33.4 Å². The maximum absolute atomic E-state index is 12.1. The predicted octanol–water partition coefficient (Wildman–Crippen LogP) is 1.69. The van der Waals surface area contributed by atoms with E-state index in [9.17, 15) is 4.79 Å². The number of carbonyl (C=O) groups excluding carboxylic acids is 1. The molecular weight excluding hydrogens is 256 g/mol. The Morgan fingerprint density at radius 3 is 3.10 bits per heavy atom. The summed E-state index contributed by atoms with van der Waals surface area (Å²) in [6.45, 7) is 2.62. The van der Waals surface area contributed by atoms with E-state index in [0.717, 1.165) is 24.1 Å². The number of ether oxygens (including phenoxy) is 1. The smallest absolute Gasteiger partial charge is 0.253 e. The summed E-state index contributed by atoms with van der Waals surface area (Å²) in [6, 6.07) is 1.82. The third-order valence-corrected chi connectivity index (χ3v) is 3.24. The van der Waals surface area contributed by atoms with Gasteiger partial charge in [-0.25, -0.2) is 4.68 Å². The third kappa shape index (κ3) is 2.55. The molecule has 6 nitrogen and oxygen atoms in total. The van der Waals surface area contributed by atoms with Crippen LogP contribution in [0.2, 0.25) is 0 Å². The van der Waals surface area contributed by atoms with Crippen molar-refractivity contribution < 1.29 is 9.53 Å². The van der Waals surface area contributed by atoms with Crippen LogP contribution >= 0.6 is 0 Å². The van der Waals surface area contributed by atoms with Gasteiger partial charge in [-0.3, -0.25) is 9.78 Å². The van der Waals surface area contributed by atoms with Crippen molar-refractivity contribution in [3.63, 3.8) is 0 Å². The second kappa shape index (κ2) is 5.42. The number of anilines is 1. The van der Waals surface area contributed by atoms with Gasteiger partial charge >= 0.3 is 0 Å². The standard InChI is InChI=1S/C14H16N4O2/c1-10-7-16-18(9-10)12-4-5-15-8-11(12)17-14(19)13-3-2-6-20-13/h4-5,7-9,13H,2-3,6H2,1H3,(H,17,19)/t13-/m1/s1. The van der Waals surface area contributed by atoms with Crippen LogP contribution in [0.4, 0.5) is 5.69 Å². The number of hydrogen-bond donors (Lipinski definition) is 1. The van der Waals surface area contributed by atoms with Gasteiger partial charge in [0.15, 0.2) is 0 Å². The average molecular weight is 272 g/mol. The first-order chi connectivity index (χ1) is 9.74. The van der Waals surface area contributed by atoms with E-state index >= 15 is 0 Å². The van der Waals surface area contributed by atoms with Gasteiger partial charge in [0.05, 0.1) is 23.8 Å². The maximum Gasteiger partial charge on any atom is 0.253 e. The van der Waals surface area contributed by atoms with Crippen LogP contribution in [0.25, 0.3) is 5.69 Å². The van der Waals surface area contributed by atoms with Gasteiger partial charge in [-0.15, -0.1) is 0 Å². The fourth-order valence-corrected chi connectivity index (χ4v) is 2.23. The Hall–Kier alpha value is -2.21. The number of pyridine rings is 1. The van der Waals surface area contributed by atoms with Gasteiger partial charge < -0.3 is 10.1 Å². The summed E-state index contributed by atoms with van der Waals surface area (Å²) in [5.74, 6) is -0.124. The maximum atomic E-state index is 12.1. The van der Waals surface area contributed by atoms with Crippen molar-refractivity contribution in [2.75, 3.05) is 11.9 Å². The number of carbonyl (C=O) groups is 1. The molecule has 1 fully saturated rings. The molecule has 0 aromatic carbocycles. The van der Waals surface area contributed by atoms with E-state index < -0.39 is 0 Å². The van der Waals surface area contributed by atoms with Crippen LogP contribution in [0.3, 0.4) is 0 Å². The summed E-state index contributed by atoms with van der Waals surface area (Å²) in [7, 11) is 0. The zero-order valence-electron chi connectivity index (χ0n) is 11.2. The molecule has 0 aliphatic carbocycles. The molecule has 0 spiro atoms. The lowest BCUT2D eigenvalue weighted by molar-refractivity contribution is -0.124. The Kier molecular flexibility index (Phi) is 3.47. The zero-order valence-corrected chi connectivity index (χ0v) is 11.2. The highest BCUT2D eigenvalue weighted by Gasteiger charge is 2.24. The fourth-order valence-electron chi connectivity index (χ4n) is 2.23. The summed E-state index contributed by atoms with van der Waals surface area (Å²) in [4.78, 5) is 16.2. The quantitative estimate of drug-likeness (QED) is 0.923. The highest BCUT2D eigenvalue weighted by Crippen LogP contribution is 2.20. The largest absolute Gasteiger partial charge is 0.368 e. The summed E-state index contributed by atoms with van der Waals surface area (Å²) in [5.41, 5.74) is 2.48. The van der Waals surface area contributed by atoms with E-state index in [-0.39, 0.29) is 12.0 Å². The van der Waals surface area contributed by atoms with E-state index in [2.05, 4.69) is 15.4 Å². The molecule has 3 rings (SSSR count). The lowest BCUT2D eigenvalue weighted by Crippen LogP contribution is -2.27. The summed E-state index contributed by atoms with van der Waals surface area (Å²) >= 11 is 0. The number of amides is 1. The Labute approximate surface area is 116 Å². The molecule has 104 valence electrons. The van der Waals surface area contributed by atoms with Crippen LogP contribution in [0.1, 0.15) is 18.4 Å². The summed E-state index contributed by atoms with van der Waals surface area (Å²) in [5, 5.41) is 7.13. The first-order valence-electron chi connectivity index (χ1n) is 6.62. The van der Waals surface area contributed by atoms with Gasteiger partial charge in [0.1, 0.15) is 6.10 Å². The molecule has 1 amide bonds. The van der Waals surface area contributed by atoms with Crippen molar-refractivity contribution in [2.45, 2.75) is 25.9 Å². The predicted molar refractivity (Wildman–Crippen MR) is 73.7 cm³/mol. The minimum atomic E-state index is -0.359. The molecule has 0 bridgehead atoms.